The van der Waals surface area contributed by atoms with Gasteiger partial charge in [-0.3, -0.25) is 14.4 Å². The van der Waals surface area contributed by atoms with Crippen molar-refractivity contribution in [2.24, 2.45) is 5.92 Å². The van der Waals surface area contributed by atoms with Crippen LogP contribution in [0, 0.1) is 19.8 Å². The summed E-state index contributed by atoms with van der Waals surface area (Å²) in [6.45, 7) is 11.4. The van der Waals surface area contributed by atoms with Gasteiger partial charge in [-0.25, -0.2) is 0 Å². The Balaban J connectivity index is 1.85. The van der Waals surface area contributed by atoms with Crippen molar-refractivity contribution < 1.29 is 14.4 Å². The van der Waals surface area contributed by atoms with E-state index >= 15 is 0 Å². The average Bonchev–Trinajstić information content (AvgIpc) is 2.94. The first-order valence-electron chi connectivity index (χ1n) is 13.8. The van der Waals surface area contributed by atoms with Crippen LogP contribution in [0.2, 0.25) is 0 Å². The summed E-state index contributed by atoms with van der Waals surface area (Å²) in [4.78, 5) is 41.9. The van der Waals surface area contributed by atoms with Gasteiger partial charge in [0.25, 0.3) is 11.8 Å². The zero-order chi connectivity index (χ0) is 28.2. The van der Waals surface area contributed by atoms with E-state index in [4.69, 9.17) is 0 Å². The number of carbonyl (C=O) groups is 3. The zero-order valence-corrected chi connectivity index (χ0v) is 23.3. The van der Waals surface area contributed by atoms with Crippen LogP contribution in [0.3, 0.4) is 0 Å². The first kappa shape index (κ1) is 29.6. The molecule has 0 aliphatic heterocycles. The standard InChI is InChI=1S/C33H40N3O3/c1-5-20-36(21-6-2)33(39)27-18-13-17-26(23-27)31(37)35-30(22-25-15-9-8-10-16-25)28(7-3)32(38)34-29-19-12-11-14-24(29)4/h8-19,23,28,30H,3,5-7,20-22H2,1-2,4H3,(H,34,38)(H,35,37)/t28?,30-/m1/s1. The number of hydrogen-bond acceptors (Lipinski definition) is 3. The van der Waals surface area contributed by atoms with Gasteiger partial charge in [-0.05, 0) is 68.0 Å². The minimum atomic E-state index is -0.567. The third-order valence-electron chi connectivity index (χ3n) is 6.80. The van der Waals surface area contributed by atoms with Gasteiger partial charge >= 0.3 is 0 Å². The van der Waals surface area contributed by atoms with Gasteiger partial charge in [0, 0.05) is 35.9 Å². The summed E-state index contributed by atoms with van der Waals surface area (Å²) in [7, 11) is 0. The Morgan fingerprint density at radius 2 is 1.49 bits per heavy atom. The lowest BCUT2D eigenvalue weighted by Crippen LogP contribution is -2.46. The summed E-state index contributed by atoms with van der Waals surface area (Å²) in [5.74, 6) is -1.17. The van der Waals surface area contributed by atoms with Gasteiger partial charge in [0.2, 0.25) is 5.91 Å². The SMILES string of the molecule is [CH2]CC(C(=O)Nc1ccccc1C)[C@@H](Cc1ccccc1)NC(=O)c1cccc(C(=O)N(CCC)CCC)c1. The molecule has 1 radical (unpaired) electrons. The van der Waals surface area contributed by atoms with Crippen molar-refractivity contribution in [2.75, 3.05) is 18.4 Å². The van der Waals surface area contributed by atoms with Crippen molar-refractivity contribution in [3.8, 4) is 0 Å². The number of aryl methyl sites for hydroxylation is 1. The molecule has 3 aromatic rings. The van der Waals surface area contributed by atoms with E-state index in [1.807, 2.05) is 80.3 Å². The number of carbonyl (C=O) groups excluding carboxylic acids is 3. The van der Waals surface area contributed by atoms with Gasteiger partial charge < -0.3 is 15.5 Å². The number of para-hydroxylation sites is 1. The first-order valence-corrected chi connectivity index (χ1v) is 13.8. The molecule has 0 aromatic heterocycles. The molecule has 0 aliphatic rings. The van der Waals surface area contributed by atoms with Gasteiger partial charge in [-0.1, -0.05) is 75.4 Å². The largest absolute Gasteiger partial charge is 0.348 e. The number of amides is 3. The van der Waals surface area contributed by atoms with E-state index in [0.717, 1.165) is 29.7 Å². The smallest absolute Gasteiger partial charge is 0.253 e. The Hall–Kier alpha value is -3.93. The van der Waals surface area contributed by atoms with Crippen LogP contribution < -0.4 is 10.6 Å². The number of benzene rings is 3. The van der Waals surface area contributed by atoms with Crippen molar-refractivity contribution in [2.45, 2.75) is 52.5 Å². The molecular formula is C33H40N3O3. The van der Waals surface area contributed by atoms with Gasteiger partial charge in [-0.15, -0.1) is 0 Å². The number of nitrogens with one attached hydrogen (secondary N) is 2. The lowest BCUT2D eigenvalue weighted by Gasteiger charge is -2.27. The van der Waals surface area contributed by atoms with Crippen LogP contribution in [0.1, 0.15) is 65.0 Å². The highest BCUT2D eigenvalue weighted by Crippen LogP contribution is 2.20. The maximum Gasteiger partial charge on any atom is 0.253 e. The number of nitrogens with zero attached hydrogens (tertiary/aromatic N) is 1. The third kappa shape index (κ3) is 8.28. The molecule has 3 aromatic carbocycles. The highest BCUT2D eigenvalue weighted by molar-refractivity contribution is 6.00. The second-order valence-corrected chi connectivity index (χ2v) is 9.84. The second kappa shape index (κ2) is 14.9. The average molecular weight is 527 g/mol. The van der Waals surface area contributed by atoms with Crippen LogP contribution in [-0.2, 0) is 11.2 Å². The molecule has 39 heavy (non-hydrogen) atoms. The van der Waals surface area contributed by atoms with Crippen molar-refractivity contribution in [1.29, 1.82) is 0 Å². The lowest BCUT2D eigenvalue weighted by molar-refractivity contribution is -0.120. The van der Waals surface area contributed by atoms with Crippen LogP contribution in [-0.4, -0.2) is 41.8 Å². The summed E-state index contributed by atoms with van der Waals surface area (Å²) in [5, 5.41) is 6.12. The van der Waals surface area contributed by atoms with Gasteiger partial charge in [-0.2, -0.15) is 0 Å². The second-order valence-electron chi connectivity index (χ2n) is 9.84. The van der Waals surface area contributed by atoms with Crippen molar-refractivity contribution >= 4 is 23.4 Å². The molecule has 0 bridgehead atoms. The molecule has 0 heterocycles. The molecule has 2 atom stereocenters. The molecule has 0 saturated carbocycles. The Bertz CT molecular complexity index is 1240. The minimum Gasteiger partial charge on any atom is -0.348 e. The lowest BCUT2D eigenvalue weighted by atomic mass is 9.90. The van der Waals surface area contributed by atoms with Gasteiger partial charge in [0.15, 0.2) is 0 Å². The molecular weight excluding hydrogens is 486 g/mol. The highest BCUT2D eigenvalue weighted by Gasteiger charge is 2.29. The minimum absolute atomic E-state index is 0.0811. The monoisotopic (exact) mass is 526 g/mol. The molecule has 6 nitrogen and oxygen atoms in total. The number of hydrogen-bond donors (Lipinski definition) is 2. The Kier molecular flexibility index (Phi) is 11.3. The van der Waals surface area contributed by atoms with E-state index < -0.39 is 12.0 Å². The topological polar surface area (TPSA) is 78.5 Å². The van der Waals surface area contributed by atoms with Crippen LogP contribution >= 0.6 is 0 Å². The van der Waals surface area contributed by atoms with Gasteiger partial charge in [0.05, 0.1) is 5.92 Å². The molecule has 0 fully saturated rings. The first-order chi connectivity index (χ1) is 18.9. The summed E-state index contributed by atoms with van der Waals surface area (Å²) in [5.41, 5.74) is 3.56. The summed E-state index contributed by atoms with van der Waals surface area (Å²) < 4.78 is 0. The Morgan fingerprint density at radius 1 is 0.846 bits per heavy atom. The fourth-order valence-corrected chi connectivity index (χ4v) is 4.70. The third-order valence-corrected chi connectivity index (χ3v) is 6.80. The van der Waals surface area contributed by atoms with E-state index in [1.54, 1.807) is 24.3 Å². The fourth-order valence-electron chi connectivity index (χ4n) is 4.70. The highest BCUT2D eigenvalue weighted by atomic mass is 16.2. The van der Waals surface area contributed by atoms with E-state index in [0.29, 0.717) is 37.1 Å². The maximum atomic E-state index is 13.5. The molecule has 0 saturated heterocycles. The van der Waals surface area contributed by atoms with Crippen LogP contribution in [0.25, 0.3) is 0 Å². The number of rotatable bonds is 13. The van der Waals surface area contributed by atoms with Gasteiger partial charge in [0.1, 0.15) is 0 Å². The molecule has 3 rings (SSSR count). The van der Waals surface area contributed by atoms with E-state index in [2.05, 4.69) is 17.6 Å². The fraction of sp³-hybridized carbons (Fsp3) is 0.333. The van der Waals surface area contributed by atoms with Crippen molar-refractivity contribution in [1.82, 2.24) is 10.2 Å². The summed E-state index contributed by atoms with van der Waals surface area (Å²) in [6, 6.07) is 23.7. The van der Waals surface area contributed by atoms with E-state index in [9.17, 15) is 14.4 Å². The molecule has 1 unspecified atom stereocenters. The van der Waals surface area contributed by atoms with Crippen molar-refractivity contribution in [3.05, 3.63) is 108 Å². The summed E-state index contributed by atoms with van der Waals surface area (Å²) in [6.07, 6.45) is 2.50. The molecule has 205 valence electrons. The predicted molar refractivity (Wildman–Crippen MR) is 158 cm³/mol. The maximum absolute atomic E-state index is 13.5. The van der Waals surface area contributed by atoms with E-state index in [-0.39, 0.29) is 17.7 Å². The van der Waals surface area contributed by atoms with Crippen LogP contribution in [0.5, 0.6) is 0 Å². The molecule has 0 aliphatic carbocycles. The zero-order valence-electron chi connectivity index (χ0n) is 23.3. The molecule has 3 amide bonds. The normalized spacial score (nSPS) is 12.3. The van der Waals surface area contributed by atoms with Crippen molar-refractivity contribution in [3.63, 3.8) is 0 Å². The molecule has 0 spiro atoms. The Labute approximate surface area is 232 Å². The number of anilines is 1. The predicted octanol–water partition coefficient (Wildman–Crippen LogP) is 6.08. The molecule has 2 N–H and O–H groups in total. The molecule has 6 heteroatoms. The van der Waals surface area contributed by atoms with Crippen LogP contribution in [0.4, 0.5) is 5.69 Å². The van der Waals surface area contributed by atoms with Crippen LogP contribution in [0.15, 0.2) is 78.9 Å². The van der Waals surface area contributed by atoms with E-state index in [1.165, 1.54) is 0 Å². The summed E-state index contributed by atoms with van der Waals surface area (Å²) >= 11 is 0. The Morgan fingerprint density at radius 3 is 2.13 bits per heavy atom. The quantitative estimate of drug-likeness (QED) is 0.283.